The normalized spacial score (nSPS) is 10.6. The first-order chi connectivity index (χ1) is 6.16. The smallest absolute Gasteiger partial charge is 0.248 e. The number of H-pyrrole nitrogens is 1. The summed E-state index contributed by atoms with van der Waals surface area (Å²) in [5, 5.41) is 1.54. The minimum Gasteiger partial charge on any atom is -0.322 e. The topological polar surface area (TPSA) is 32.9 Å². The molecule has 0 saturated carbocycles. The molecule has 1 heterocycles. The molecule has 0 bridgehead atoms. The van der Waals surface area contributed by atoms with Gasteiger partial charge in [-0.1, -0.05) is 11.6 Å². The van der Waals surface area contributed by atoms with E-state index in [-0.39, 0.29) is 5.56 Å². The number of halogens is 2. The molecule has 13 heavy (non-hydrogen) atoms. The first kappa shape index (κ1) is 9.02. The summed E-state index contributed by atoms with van der Waals surface area (Å²) in [4.78, 5) is 13.7. The average molecular weight is 306 g/mol. The number of hydrogen-bond acceptors (Lipinski definition) is 1. The van der Waals surface area contributed by atoms with Crippen molar-refractivity contribution in [1.82, 2.24) is 4.98 Å². The molecule has 0 saturated heterocycles. The van der Waals surface area contributed by atoms with E-state index in [9.17, 15) is 4.79 Å². The Morgan fingerprint density at radius 2 is 2.08 bits per heavy atom. The summed E-state index contributed by atoms with van der Waals surface area (Å²) in [6.07, 6.45) is 0. The quantitative estimate of drug-likeness (QED) is 0.746. The molecule has 1 aromatic carbocycles. The second kappa shape index (κ2) is 3.31. The van der Waals surface area contributed by atoms with Gasteiger partial charge in [0.15, 0.2) is 0 Å². The Morgan fingerprint density at radius 3 is 2.85 bits per heavy atom. The third kappa shape index (κ3) is 1.71. The van der Waals surface area contributed by atoms with Gasteiger partial charge >= 0.3 is 0 Å². The monoisotopic (exact) mass is 305 g/mol. The molecule has 0 atom stereocenters. The van der Waals surface area contributed by atoms with Crippen LogP contribution in [0.15, 0.2) is 29.1 Å². The van der Waals surface area contributed by atoms with E-state index in [0.717, 1.165) is 14.5 Å². The van der Waals surface area contributed by atoms with E-state index in [1.807, 2.05) is 12.1 Å². The molecule has 2 nitrogen and oxygen atoms in total. The zero-order valence-corrected chi connectivity index (χ0v) is 9.39. The lowest BCUT2D eigenvalue weighted by Gasteiger charge is -2.00. The van der Waals surface area contributed by atoms with Gasteiger partial charge in [-0.3, -0.25) is 4.79 Å². The van der Waals surface area contributed by atoms with Gasteiger partial charge in [0.05, 0.1) is 10.5 Å². The van der Waals surface area contributed by atoms with Crippen molar-refractivity contribution < 1.29 is 0 Å². The highest BCUT2D eigenvalue weighted by atomic mass is 127. The van der Waals surface area contributed by atoms with Crippen molar-refractivity contribution in [2.45, 2.75) is 0 Å². The highest BCUT2D eigenvalue weighted by Gasteiger charge is 2.00. The Hall–Kier alpha value is -0.550. The Kier molecular flexibility index (Phi) is 2.29. The van der Waals surface area contributed by atoms with E-state index in [4.69, 9.17) is 11.6 Å². The molecule has 0 fully saturated rings. The standard InChI is InChI=1S/C9H5ClINO/c10-7-3-5(11)4-8-6(7)1-2-9(13)12-8/h1-4H,(H,12,13). The van der Waals surface area contributed by atoms with Crippen LogP contribution in [0.3, 0.4) is 0 Å². The van der Waals surface area contributed by atoms with Crippen molar-refractivity contribution in [2.75, 3.05) is 0 Å². The van der Waals surface area contributed by atoms with Crippen molar-refractivity contribution >= 4 is 45.1 Å². The number of nitrogens with one attached hydrogen (secondary N) is 1. The fraction of sp³-hybridized carbons (Fsp3) is 0. The average Bonchev–Trinajstić information content (AvgIpc) is 2.02. The molecule has 0 spiro atoms. The molecule has 1 N–H and O–H groups in total. The zero-order valence-electron chi connectivity index (χ0n) is 6.47. The third-order valence-corrected chi connectivity index (χ3v) is 2.69. The van der Waals surface area contributed by atoms with E-state index in [0.29, 0.717) is 5.02 Å². The predicted octanol–water partition coefficient (Wildman–Crippen LogP) is 2.79. The van der Waals surface area contributed by atoms with Crippen molar-refractivity contribution in [1.29, 1.82) is 0 Å². The molecular weight excluding hydrogens is 300 g/mol. The summed E-state index contributed by atoms with van der Waals surface area (Å²) in [6.45, 7) is 0. The van der Waals surface area contributed by atoms with E-state index >= 15 is 0 Å². The molecule has 2 aromatic rings. The van der Waals surface area contributed by atoms with Gasteiger partial charge in [0.25, 0.3) is 0 Å². The SMILES string of the molecule is O=c1ccc2c(Cl)cc(I)cc2[nH]1. The summed E-state index contributed by atoms with van der Waals surface area (Å²) in [5.41, 5.74) is 0.676. The van der Waals surface area contributed by atoms with Crippen molar-refractivity contribution in [2.24, 2.45) is 0 Å². The van der Waals surface area contributed by atoms with Crippen LogP contribution in [0.5, 0.6) is 0 Å². The highest BCUT2D eigenvalue weighted by Crippen LogP contribution is 2.23. The third-order valence-electron chi connectivity index (χ3n) is 1.75. The molecule has 0 radical (unpaired) electrons. The predicted molar refractivity (Wildman–Crippen MR) is 62.3 cm³/mol. The van der Waals surface area contributed by atoms with E-state index in [1.54, 1.807) is 6.07 Å². The first-order valence-corrected chi connectivity index (χ1v) is 5.10. The van der Waals surface area contributed by atoms with Gasteiger partial charge in [0.1, 0.15) is 0 Å². The summed E-state index contributed by atoms with van der Waals surface area (Å²) in [5.74, 6) is 0. The molecule has 2 rings (SSSR count). The van der Waals surface area contributed by atoms with Crippen LogP contribution in [0, 0.1) is 3.57 Å². The second-order valence-corrected chi connectivity index (χ2v) is 4.32. The zero-order chi connectivity index (χ0) is 9.42. The number of aromatic nitrogens is 1. The maximum Gasteiger partial charge on any atom is 0.248 e. The van der Waals surface area contributed by atoms with Crippen LogP contribution in [0.4, 0.5) is 0 Å². The minimum absolute atomic E-state index is 0.106. The summed E-state index contributed by atoms with van der Waals surface area (Å²) in [7, 11) is 0. The van der Waals surface area contributed by atoms with Crippen LogP contribution in [-0.2, 0) is 0 Å². The summed E-state index contributed by atoms with van der Waals surface area (Å²) < 4.78 is 1.01. The van der Waals surface area contributed by atoms with E-state index < -0.39 is 0 Å². The molecule has 66 valence electrons. The van der Waals surface area contributed by atoms with Crippen LogP contribution in [0.2, 0.25) is 5.02 Å². The Morgan fingerprint density at radius 1 is 1.31 bits per heavy atom. The van der Waals surface area contributed by atoms with Crippen LogP contribution in [0.25, 0.3) is 10.9 Å². The van der Waals surface area contributed by atoms with Gasteiger partial charge < -0.3 is 4.98 Å². The van der Waals surface area contributed by atoms with Gasteiger partial charge in [-0.25, -0.2) is 0 Å². The molecule has 0 aliphatic rings. The van der Waals surface area contributed by atoms with Gasteiger partial charge in [-0.2, -0.15) is 0 Å². The lowest BCUT2D eigenvalue weighted by Crippen LogP contribution is -2.02. The molecular formula is C9H5ClINO. The number of rotatable bonds is 0. The van der Waals surface area contributed by atoms with E-state index in [2.05, 4.69) is 27.6 Å². The second-order valence-electron chi connectivity index (χ2n) is 2.67. The Balaban J connectivity index is 2.94. The molecule has 0 amide bonds. The fourth-order valence-corrected chi connectivity index (χ4v) is 2.28. The van der Waals surface area contributed by atoms with Gasteiger partial charge in [-0.05, 0) is 40.8 Å². The number of pyridine rings is 1. The van der Waals surface area contributed by atoms with Crippen LogP contribution in [-0.4, -0.2) is 4.98 Å². The molecule has 0 unspecified atom stereocenters. The lowest BCUT2D eigenvalue weighted by atomic mass is 10.2. The first-order valence-electron chi connectivity index (χ1n) is 3.65. The van der Waals surface area contributed by atoms with E-state index in [1.165, 1.54) is 6.07 Å². The van der Waals surface area contributed by atoms with Crippen molar-refractivity contribution in [3.63, 3.8) is 0 Å². The number of benzene rings is 1. The number of aromatic amines is 1. The van der Waals surface area contributed by atoms with Crippen LogP contribution < -0.4 is 5.56 Å². The van der Waals surface area contributed by atoms with Crippen molar-refractivity contribution in [3.8, 4) is 0 Å². The lowest BCUT2D eigenvalue weighted by molar-refractivity contribution is 1.30. The number of hydrogen-bond donors (Lipinski definition) is 1. The largest absolute Gasteiger partial charge is 0.322 e. The fourth-order valence-electron chi connectivity index (χ4n) is 1.19. The maximum absolute atomic E-state index is 11.0. The Labute approximate surface area is 93.1 Å². The Bertz CT molecular complexity index is 520. The van der Waals surface area contributed by atoms with Gasteiger partial charge in [0.2, 0.25) is 5.56 Å². The molecule has 0 aliphatic heterocycles. The molecule has 1 aromatic heterocycles. The van der Waals surface area contributed by atoms with Crippen LogP contribution in [0.1, 0.15) is 0 Å². The maximum atomic E-state index is 11.0. The summed E-state index contributed by atoms with van der Waals surface area (Å²) in [6, 6.07) is 6.96. The van der Waals surface area contributed by atoms with Gasteiger partial charge in [-0.15, -0.1) is 0 Å². The summed E-state index contributed by atoms with van der Waals surface area (Å²) >= 11 is 8.15. The highest BCUT2D eigenvalue weighted by molar-refractivity contribution is 14.1. The molecule has 0 aliphatic carbocycles. The number of fused-ring (bicyclic) bond motifs is 1. The van der Waals surface area contributed by atoms with Gasteiger partial charge in [0, 0.05) is 15.0 Å². The van der Waals surface area contributed by atoms with Crippen molar-refractivity contribution in [3.05, 3.63) is 43.2 Å². The minimum atomic E-state index is -0.106. The van der Waals surface area contributed by atoms with Crippen LogP contribution >= 0.6 is 34.2 Å². The molecule has 4 heteroatoms.